The average molecular weight is 288 g/mol. The van der Waals surface area contributed by atoms with Gasteiger partial charge in [-0.05, 0) is 6.07 Å². The Labute approximate surface area is 121 Å². The Bertz CT molecular complexity index is 732. The predicted octanol–water partition coefficient (Wildman–Crippen LogP) is 0.734. The number of hydrogen-bond acceptors (Lipinski definition) is 4. The van der Waals surface area contributed by atoms with Crippen molar-refractivity contribution in [3.8, 4) is 0 Å². The number of benzene rings is 1. The predicted molar refractivity (Wildman–Crippen MR) is 77.3 cm³/mol. The van der Waals surface area contributed by atoms with Crippen molar-refractivity contribution in [2.75, 3.05) is 20.3 Å². The second kappa shape index (κ2) is 5.67. The number of ether oxygens (including phenoxy) is 2. The maximum atomic E-state index is 12.3. The molecule has 0 unspecified atom stereocenters. The molecule has 0 atom stereocenters. The number of nitrogens with one attached hydrogen (secondary N) is 1. The monoisotopic (exact) mass is 288 g/mol. The minimum Gasteiger partial charge on any atom is -0.355 e. The number of fused-ring (bicyclic) bond motifs is 1. The molecule has 0 radical (unpaired) electrons. The van der Waals surface area contributed by atoms with Gasteiger partial charge in [-0.2, -0.15) is 0 Å². The van der Waals surface area contributed by atoms with E-state index in [2.05, 4.69) is 5.32 Å². The Kier molecular flexibility index (Phi) is 3.72. The van der Waals surface area contributed by atoms with Crippen LogP contribution in [0.15, 0.2) is 35.1 Å². The summed E-state index contributed by atoms with van der Waals surface area (Å²) in [5, 5.41) is 3.29. The van der Waals surface area contributed by atoms with Crippen LogP contribution in [0.2, 0.25) is 0 Å². The van der Waals surface area contributed by atoms with Gasteiger partial charge in [-0.3, -0.25) is 9.59 Å². The van der Waals surface area contributed by atoms with Gasteiger partial charge in [-0.1, -0.05) is 18.2 Å². The fraction of sp³-hybridized carbons (Fsp3) is 0.333. The number of para-hydroxylation sites is 1. The third-order valence-corrected chi connectivity index (χ3v) is 3.51. The van der Waals surface area contributed by atoms with E-state index in [0.29, 0.717) is 30.8 Å². The topological polar surface area (TPSA) is 69.6 Å². The molecule has 21 heavy (non-hydrogen) atoms. The van der Waals surface area contributed by atoms with E-state index in [1.807, 2.05) is 24.3 Å². The third kappa shape index (κ3) is 2.55. The molecule has 1 aromatic heterocycles. The quantitative estimate of drug-likeness (QED) is 0.904. The van der Waals surface area contributed by atoms with Crippen LogP contribution in [-0.4, -0.2) is 37.0 Å². The molecule has 2 heterocycles. The van der Waals surface area contributed by atoms with Crippen LogP contribution >= 0.6 is 0 Å². The Hall–Kier alpha value is -2.18. The molecule has 6 heteroatoms. The maximum Gasteiger partial charge on any atom is 0.251 e. The van der Waals surface area contributed by atoms with Crippen LogP contribution in [0.5, 0.6) is 0 Å². The minimum absolute atomic E-state index is 0.244. The van der Waals surface area contributed by atoms with Gasteiger partial charge in [0.15, 0.2) is 6.29 Å². The molecule has 1 aliphatic heterocycles. The van der Waals surface area contributed by atoms with Crippen molar-refractivity contribution in [3.63, 3.8) is 0 Å². The van der Waals surface area contributed by atoms with Gasteiger partial charge in [-0.25, -0.2) is 0 Å². The van der Waals surface area contributed by atoms with Crippen molar-refractivity contribution in [2.45, 2.75) is 12.8 Å². The van der Waals surface area contributed by atoms with Gasteiger partial charge in [-0.15, -0.1) is 0 Å². The van der Waals surface area contributed by atoms with E-state index in [0.717, 1.165) is 5.39 Å². The molecule has 0 spiro atoms. The van der Waals surface area contributed by atoms with Crippen molar-refractivity contribution in [3.05, 3.63) is 46.2 Å². The van der Waals surface area contributed by atoms with Gasteiger partial charge in [0, 0.05) is 18.5 Å². The second-order valence-corrected chi connectivity index (χ2v) is 4.77. The molecule has 1 aromatic carbocycles. The Morgan fingerprint density at radius 2 is 2.05 bits per heavy atom. The highest BCUT2D eigenvalue weighted by atomic mass is 16.7. The SMILES string of the molecule is CNC(=O)c1cc(=O)n(CC2OCCO2)c2ccccc12. The number of aromatic nitrogens is 1. The van der Waals surface area contributed by atoms with Gasteiger partial charge in [0.25, 0.3) is 11.5 Å². The van der Waals surface area contributed by atoms with E-state index in [4.69, 9.17) is 9.47 Å². The summed E-state index contributed by atoms with van der Waals surface area (Å²) < 4.78 is 12.4. The summed E-state index contributed by atoms with van der Waals surface area (Å²) >= 11 is 0. The molecule has 1 N–H and O–H groups in total. The van der Waals surface area contributed by atoms with E-state index in [1.54, 1.807) is 11.6 Å². The molecule has 1 amide bonds. The summed E-state index contributed by atoms with van der Waals surface area (Å²) in [5.74, 6) is -0.274. The van der Waals surface area contributed by atoms with E-state index >= 15 is 0 Å². The Morgan fingerprint density at radius 3 is 2.76 bits per heavy atom. The van der Waals surface area contributed by atoms with Crippen LogP contribution in [0.4, 0.5) is 0 Å². The zero-order chi connectivity index (χ0) is 14.8. The summed E-state index contributed by atoms with van der Waals surface area (Å²) in [7, 11) is 1.54. The summed E-state index contributed by atoms with van der Waals surface area (Å²) in [6.45, 7) is 1.38. The number of carbonyl (C=O) groups excluding carboxylic acids is 1. The highest BCUT2D eigenvalue weighted by molar-refractivity contribution is 6.05. The highest BCUT2D eigenvalue weighted by Gasteiger charge is 2.20. The molecule has 1 saturated heterocycles. The van der Waals surface area contributed by atoms with Gasteiger partial charge >= 0.3 is 0 Å². The summed E-state index contributed by atoms with van der Waals surface area (Å²) in [6.07, 6.45) is -0.419. The number of hydrogen-bond donors (Lipinski definition) is 1. The molecular weight excluding hydrogens is 272 g/mol. The molecule has 2 aromatic rings. The van der Waals surface area contributed by atoms with Crippen LogP contribution in [-0.2, 0) is 16.0 Å². The lowest BCUT2D eigenvalue weighted by molar-refractivity contribution is -0.0522. The summed E-state index contributed by atoms with van der Waals surface area (Å²) in [4.78, 5) is 24.3. The van der Waals surface area contributed by atoms with Crippen molar-refractivity contribution >= 4 is 16.8 Å². The molecule has 3 rings (SSSR count). The average Bonchev–Trinajstić information content (AvgIpc) is 3.02. The maximum absolute atomic E-state index is 12.3. The van der Waals surface area contributed by atoms with E-state index in [1.165, 1.54) is 6.07 Å². The van der Waals surface area contributed by atoms with Gasteiger partial charge in [0.1, 0.15) is 0 Å². The summed E-state index contributed by atoms with van der Waals surface area (Å²) in [6, 6.07) is 8.68. The number of nitrogens with zero attached hydrogens (tertiary/aromatic N) is 1. The first-order valence-electron chi connectivity index (χ1n) is 6.78. The number of amides is 1. The number of rotatable bonds is 3. The molecule has 110 valence electrons. The number of carbonyl (C=O) groups is 1. The molecule has 6 nitrogen and oxygen atoms in total. The van der Waals surface area contributed by atoms with Crippen LogP contribution < -0.4 is 10.9 Å². The largest absolute Gasteiger partial charge is 0.355 e. The summed E-state index contributed by atoms with van der Waals surface area (Å²) in [5.41, 5.74) is 0.830. The van der Waals surface area contributed by atoms with Crippen LogP contribution in [0.25, 0.3) is 10.9 Å². The zero-order valence-electron chi connectivity index (χ0n) is 11.7. The van der Waals surface area contributed by atoms with E-state index < -0.39 is 6.29 Å². The van der Waals surface area contributed by atoms with Gasteiger partial charge < -0.3 is 19.4 Å². The molecule has 1 fully saturated rings. The van der Waals surface area contributed by atoms with Crippen molar-refractivity contribution < 1.29 is 14.3 Å². The normalized spacial score (nSPS) is 15.5. The molecule has 1 aliphatic rings. The van der Waals surface area contributed by atoms with Gasteiger partial charge in [0.2, 0.25) is 0 Å². The van der Waals surface area contributed by atoms with Crippen LogP contribution in [0, 0.1) is 0 Å². The van der Waals surface area contributed by atoms with E-state index in [-0.39, 0.29) is 11.5 Å². The van der Waals surface area contributed by atoms with Crippen molar-refractivity contribution in [1.29, 1.82) is 0 Å². The highest BCUT2D eigenvalue weighted by Crippen LogP contribution is 2.18. The first-order chi connectivity index (χ1) is 10.2. The standard InChI is InChI=1S/C15H16N2O4/c1-16-15(19)11-8-13(18)17(9-14-20-6-7-21-14)12-5-3-2-4-10(11)12/h2-5,8,14H,6-7,9H2,1H3,(H,16,19). The van der Waals surface area contributed by atoms with Crippen molar-refractivity contribution in [2.24, 2.45) is 0 Å². The van der Waals surface area contributed by atoms with E-state index in [9.17, 15) is 9.59 Å². The van der Waals surface area contributed by atoms with Crippen LogP contribution in [0.3, 0.4) is 0 Å². The fourth-order valence-corrected chi connectivity index (χ4v) is 2.51. The molecule has 0 saturated carbocycles. The smallest absolute Gasteiger partial charge is 0.251 e. The lowest BCUT2D eigenvalue weighted by atomic mass is 10.1. The zero-order valence-corrected chi connectivity index (χ0v) is 11.7. The van der Waals surface area contributed by atoms with Gasteiger partial charge in [0.05, 0.1) is 30.8 Å². The Morgan fingerprint density at radius 1 is 1.33 bits per heavy atom. The lowest BCUT2D eigenvalue weighted by Crippen LogP contribution is -2.29. The van der Waals surface area contributed by atoms with Crippen LogP contribution in [0.1, 0.15) is 10.4 Å². The molecule has 0 aliphatic carbocycles. The Balaban J connectivity index is 2.14. The second-order valence-electron chi connectivity index (χ2n) is 4.77. The first-order valence-corrected chi connectivity index (χ1v) is 6.78. The first kappa shape index (κ1) is 13.8. The lowest BCUT2D eigenvalue weighted by Gasteiger charge is -2.15. The molecule has 0 bridgehead atoms. The fourth-order valence-electron chi connectivity index (χ4n) is 2.51. The third-order valence-electron chi connectivity index (χ3n) is 3.51. The van der Waals surface area contributed by atoms with Crippen molar-refractivity contribution in [1.82, 2.24) is 9.88 Å². The molecular formula is C15H16N2O4. The number of pyridine rings is 1. The minimum atomic E-state index is -0.419.